The summed E-state index contributed by atoms with van der Waals surface area (Å²) < 4.78 is 0.542. The summed E-state index contributed by atoms with van der Waals surface area (Å²) in [4.78, 5) is 0. The molecule has 23 valence electrons. The van der Waals surface area contributed by atoms with Crippen LogP contribution in [-0.2, 0) is 0 Å². The van der Waals surface area contributed by atoms with Crippen LogP contribution < -0.4 is 0 Å². The van der Waals surface area contributed by atoms with Crippen LogP contribution in [0.25, 0.3) is 0 Å². The zero-order valence-electron chi connectivity index (χ0n) is 2.41. The molecule has 4 heavy (non-hydrogen) atoms. The predicted octanol–water partition coefficient (Wildman–Crippen LogP) is 0.152. The molecule has 0 aliphatic rings. The van der Waals surface area contributed by atoms with E-state index in [9.17, 15) is 0 Å². The Morgan fingerprint density at radius 1 is 2.00 bits per heavy atom. The molecule has 0 unspecified atom stereocenters. The van der Waals surface area contributed by atoms with Gasteiger partial charge in [0.1, 0.15) is 0 Å². The molecule has 0 heterocycles. The number of nitrogens with one attached hydrogen (secondary N) is 1. The first-order valence-corrected chi connectivity index (χ1v) is 1.81. The van der Waals surface area contributed by atoms with Crippen molar-refractivity contribution in [1.82, 2.24) is 0 Å². The normalized spacial score (nSPS) is 6.25. The van der Waals surface area contributed by atoms with Gasteiger partial charge in [0, 0.05) is 0 Å². The molecule has 1 radical (unpaired) electrons. The van der Waals surface area contributed by atoms with Gasteiger partial charge in [-0.1, -0.05) is 0 Å². The third-order valence-electron chi connectivity index (χ3n) is 0. The van der Waals surface area contributed by atoms with Crippen molar-refractivity contribution in [3.8, 4) is 0 Å². The summed E-state index contributed by atoms with van der Waals surface area (Å²) in [5.41, 5.74) is 0. The molecule has 2 heteroatoms. The van der Waals surface area contributed by atoms with Crippen LogP contribution in [0.4, 0.5) is 0 Å². The summed E-state index contributed by atoms with van der Waals surface area (Å²) in [6, 6.07) is 0. The fourth-order valence-electron chi connectivity index (χ4n) is 0. The summed E-state index contributed by atoms with van der Waals surface area (Å²) in [7, 11) is 0. The molecule has 1 nitrogen and oxygen atoms in total. The number of hydrogen-bond donors (Lipinski definition) is 1. The number of hydrogen-bond acceptors (Lipinski definition) is 1. The first kappa shape index (κ1) is 4.19. The van der Waals surface area contributed by atoms with Crippen LogP contribution in [-0.4, -0.2) is 20.6 Å². The van der Waals surface area contributed by atoms with Crippen LogP contribution in [0.5, 0.6) is 0 Å². The molecule has 0 amide bonds. The van der Waals surface area contributed by atoms with Crippen LogP contribution in [0, 0.1) is 5.41 Å². The van der Waals surface area contributed by atoms with Gasteiger partial charge >= 0.3 is 33.0 Å². The SMILES string of the molecule is CC(=N)[Se]. The van der Waals surface area contributed by atoms with Crippen molar-refractivity contribution < 1.29 is 0 Å². The van der Waals surface area contributed by atoms with Gasteiger partial charge < -0.3 is 0 Å². The average Bonchev–Trinajstić information content (AvgIpc) is 0.811. The maximum absolute atomic E-state index is 6.44. The van der Waals surface area contributed by atoms with Crippen LogP contribution in [0.15, 0.2) is 0 Å². The van der Waals surface area contributed by atoms with Crippen molar-refractivity contribution in [2.75, 3.05) is 0 Å². The van der Waals surface area contributed by atoms with E-state index < -0.39 is 0 Å². The summed E-state index contributed by atoms with van der Waals surface area (Å²) in [6.07, 6.45) is 0. The predicted molar refractivity (Wildman–Crippen MR) is 19.2 cm³/mol. The fourth-order valence-corrected chi connectivity index (χ4v) is 0. The maximum atomic E-state index is 6.44. The van der Waals surface area contributed by atoms with Crippen molar-refractivity contribution in [3.63, 3.8) is 0 Å². The van der Waals surface area contributed by atoms with Gasteiger partial charge in [-0.3, -0.25) is 0 Å². The van der Waals surface area contributed by atoms with E-state index in [1.807, 2.05) is 0 Å². The third-order valence-corrected chi connectivity index (χ3v) is 0. The van der Waals surface area contributed by atoms with Crippen LogP contribution in [0.2, 0.25) is 0 Å². The van der Waals surface area contributed by atoms with E-state index in [4.69, 9.17) is 5.41 Å². The Labute approximate surface area is 33.7 Å². The van der Waals surface area contributed by atoms with E-state index in [0.717, 1.165) is 0 Å². The monoisotopic (exact) mass is 122 g/mol. The van der Waals surface area contributed by atoms with Crippen LogP contribution in [0.1, 0.15) is 6.92 Å². The first-order chi connectivity index (χ1) is 1.73. The molecule has 0 aromatic carbocycles. The molecule has 0 aliphatic heterocycles. The summed E-state index contributed by atoms with van der Waals surface area (Å²) in [6.45, 7) is 1.69. The standard InChI is InChI=1S/C2H4NSe/c1-2(3)4/h3H,1H3. The average molecular weight is 121 g/mol. The van der Waals surface area contributed by atoms with Gasteiger partial charge in [0.2, 0.25) is 0 Å². The van der Waals surface area contributed by atoms with Crippen molar-refractivity contribution in [1.29, 1.82) is 5.41 Å². The van der Waals surface area contributed by atoms with E-state index in [2.05, 4.69) is 16.0 Å². The molecule has 0 rings (SSSR count). The van der Waals surface area contributed by atoms with Crippen molar-refractivity contribution in [3.05, 3.63) is 0 Å². The molecule has 0 fully saturated rings. The van der Waals surface area contributed by atoms with Crippen LogP contribution >= 0.6 is 0 Å². The summed E-state index contributed by atoms with van der Waals surface area (Å²) in [5, 5.41) is 6.44. The molecule has 0 aliphatic carbocycles. The Bertz CT molecular complexity index is 29.0. The second kappa shape index (κ2) is 1.50. The second-order valence-corrected chi connectivity index (χ2v) is 1.84. The molecule has 1 N–H and O–H groups in total. The molecule has 0 atom stereocenters. The quantitative estimate of drug-likeness (QED) is 0.348. The molecule has 0 saturated heterocycles. The van der Waals surface area contributed by atoms with Crippen LogP contribution in [0.3, 0.4) is 0 Å². The summed E-state index contributed by atoms with van der Waals surface area (Å²) in [5.74, 6) is 0. The van der Waals surface area contributed by atoms with Gasteiger partial charge in [0.05, 0.1) is 0 Å². The van der Waals surface area contributed by atoms with Gasteiger partial charge in [-0.05, 0) is 0 Å². The van der Waals surface area contributed by atoms with E-state index in [1.54, 1.807) is 6.92 Å². The minimum atomic E-state index is 0.542. The third kappa shape index (κ3) is 86.3. The molecule has 0 bridgehead atoms. The van der Waals surface area contributed by atoms with Gasteiger partial charge in [-0.25, -0.2) is 0 Å². The Kier molecular flexibility index (Phi) is 1.57. The summed E-state index contributed by atoms with van der Waals surface area (Å²) >= 11 is 2.49. The Hall–Kier alpha value is 0.189. The van der Waals surface area contributed by atoms with E-state index in [-0.39, 0.29) is 0 Å². The van der Waals surface area contributed by atoms with Gasteiger partial charge in [0.25, 0.3) is 0 Å². The van der Waals surface area contributed by atoms with Gasteiger partial charge in [-0.15, -0.1) is 0 Å². The number of rotatable bonds is 0. The molecule has 0 saturated carbocycles. The van der Waals surface area contributed by atoms with Gasteiger partial charge in [-0.2, -0.15) is 0 Å². The second-order valence-electron chi connectivity index (χ2n) is 0.556. The zero-order chi connectivity index (χ0) is 3.58. The van der Waals surface area contributed by atoms with Crippen molar-refractivity contribution >= 4 is 20.6 Å². The van der Waals surface area contributed by atoms with Gasteiger partial charge in [0.15, 0.2) is 0 Å². The topological polar surface area (TPSA) is 23.9 Å². The van der Waals surface area contributed by atoms with E-state index in [0.29, 0.717) is 4.61 Å². The molecule has 0 aromatic heterocycles. The first-order valence-electron chi connectivity index (χ1n) is 0.954. The van der Waals surface area contributed by atoms with E-state index >= 15 is 0 Å². The molecule has 0 spiro atoms. The fraction of sp³-hybridized carbons (Fsp3) is 0.500. The zero-order valence-corrected chi connectivity index (χ0v) is 4.12. The Balaban J connectivity index is 2.80. The Morgan fingerprint density at radius 2 is 2.00 bits per heavy atom. The van der Waals surface area contributed by atoms with E-state index in [1.165, 1.54) is 0 Å². The van der Waals surface area contributed by atoms with Crippen molar-refractivity contribution in [2.24, 2.45) is 0 Å². The molecular weight excluding hydrogens is 117 g/mol. The minimum absolute atomic E-state index is 0.542. The molecular formula is C2H4NSe. The Morgan fingerprint density at radius 3 is 2.00 bits per heavy atom. The molecule has 0 aromatic rings. The van der Waals surface area contributed by atoms with Crippen molar-refractivity contribution in [2.45, 2.75) is 6.92 Å².